The number of piperidine rings is 1. The van der Waals surface area contributed by atoms with Gasteiger partial charge in [0.15, 0.2) is 0 Å². The first-order valence-electron chi connectivity index (χ1n) is 4.93. The van der Waals surface area contributed by atoms with E-state index in [1.165, 1.54) is 6.42 Å². The van der Waals surface area contributed by atoms with Gasteiger partial charge < -0.3 is 11.1 Å². The molecular formula is C9H19N3O. The number of amides is 1. The van der Waals surface area contributed by atoms with Gasteiger partial charge in [-0.05, 0) is 26.4 Å². The van der Waals surface area contributed by atoms with E-state index in [0.29, 0.717) is 0 Å². The van der Waals surface area contributed by atoms with E-state index < -0.39 is 0 Å². The van der Waals surface area contributed by atoms with Crippen molar-refractivity contribution in [3.05, 3.63) is 0 Å². The van der Waals surface area contributed by atoms with Gasteiger partial charge in [0, 0.05) is 13.1 Å². The van der Waals surface area contributed by atoms with E-state index in [9.17, 15) is 4.79 Å². The summed E-state index contributed by atoms with van der Waals surface area (Å²) in [6, 6.07) is -0.0258. The number of nitrogens with one attached hydrogen (secondary N) is 1. The molecule has 1 heterocycles. The van der Waals surface area contributed by atoms with Crippen LogP contribution in [0.3, 0.4) is 0 Å². The summed E-state index contributed by atoms with van der Waals surface area (Å²) in [6.45, 7) is 2.85. The number of nitrogens with zero attached hydrogens (tertiary/aromatic N) is 1. The highest BCUT2D eigenvalue weighted by atomic mass is 16.1. The van der Waals surface area contributed by atoms with Crippen LogP contribution in [0.4, 0.5) is 0 Å². The standard InChI is InChI=1S/C9H19N3O/c1-11-5-7-12-6-3-2-4-8(12)9(10)13/h8,11H,2-7H2,1H3,(H2,10,13). The number of hydrogen-bond donors (Lipinski definition) is 2. The predicted molar refractivity (Wildman–Crippen MR) is 52.3 cm³/mol. The zero-order chi connectivity index (χ0) is 9.68. The highest BCUT2D eigenvalue weighted by Crippen LogP contribution is 2.15. The Kier molecular flexibility index (Phi) is 4.18. The maximum absolute atomic E-state index is 11.1. The van der Waals surface area contributed by atoms with Crippen molar-refractivity contribution in [2.75, 3.05) is 26.7 Å². The van der Waals surface area contributed by atoms with Gasteiger partial charge in [-0.1, -0.05) is 6.42 Å². The summed E-state index contributed by atoms with van der Waals surface area (Å²) >= 11 is 0. The number of primary amides is 1. The van der Waals surface area contributed by atoms with Crippen LogP contribution < -0.4 is 11.1 Å². The van der Waals surface area contributed by atoms with Crippen LogP contribution in [-0.2, 0) is 4.79 Å². The lowest BCUT2D eigenvalue weighted by molar-refractivity contribution is -0.124. The molecule has 76 valence electrons. The fourth-order valence-corrected chi connectivity index (χ4v) is 1.84. The normalized spacial score (nSPS) is 24.5. The molecule has 0 aromatic heterocycles. The Bertz CT molecular complexity index is 172. The number of carbonyl (C=O) groups excluding carboxylic acids is 1. The van der Waals surface area contributed by atoms with Crippen molar-refractivity contribution in [2.45, 2.75) is 25.3 Å². The summed E-state index contributed by atoms with van der Waals surface area (Å²) in [5.74, 6) is -0.171. The van der Waals surface area contributed by atoms with Crippen molar-refractivity contribution in [2.24, 2.45) is 5.73 Å². The van der Waals surface area contributed by atoms with Gasteiger partial charge in [-0.25, -0.2) is 0 Å². The van der Waals surface area contributed by atoms with Crippen molar-refractivity contribution >= 4 is 5.91 Å². The first-order valence-corrected chi connectivity index (χ1v) is 4.93. The second-order valence-electron chi connectivity index (χ2n) is 3.55. The first-order chi connectivity index (χ1) is 6.25. The summed E-state index contributed by atoms with van der Waals surface area (Å²) < 4.78 is 0. The third-order valence-corrected chi connectivity index (χ3v) is 2.59. The van der Waals surface area contributed by atoms with E-state index in [4.69, 9.17) is 5.73 Å². The molecule has 4 heteroatoms. The smallest absolute Gasteiger partial charge is 0.234 e. The molecule has 4 nitrogen and oxygen atoms in total. The van der Waals surface area contributed by atoms with Crippen LogP contribution in [0.15, 0.2) is 0 Å². The lowest BCUT2D eigenvalue weighted by Gasteiger charge is -2.33. The van der Waals surface area contributed by atoms with E-state index in [1.54, 1.807) is 0 Å². The predicted octanol–water partition coefficient (Wildman–Crippen LogP) is -0.454. The Morgan fingerprint density at radius 2 is 2.38 bits per heavy atom. The van der Waals surface area contributed by atoms with Crippen LogP contribution in [0.5, 0.6) is 0 Å². The molecule has 1 aliphatic rings. The van der Waals surface area contributed by atoms with Gasteiger partial charge in [-0.2, -0.15) is 0 Å². The van der Waals surface area contributed by atoms with Crippen molar-refractivity contribution < 1.29 is 4.79 Å². The number of rotatable bonds is 4. The number of likely N-dealkylation sites (tertiary alicyclic amines) is 1. The molecule has 0 aromatic rings. The van der Waals surface area contributed by atoms with Gasteiger partial charge in [-0.3, -0.25) is 9.69 Å². The minimum atomic E-state index is -0.171. The molecule has 0 spiro atoms. The van der Waals surface area contributed by atoms with Crippen LogP contribution in [-0.4, -0.2) is 43.5 Å². The van der Waals surface area contributed by atoms with Crippen LogP contribution in [0.25, 0.3) is 0 Å². The molecule has 1 atom stereocenters. The Hall–Kier alpha value is -0.610. The highest BCUT2D eigenvalue weighted by Gasteiger charge is 2.25. The van der Waals surface area contributed by atoms with Crippen molar-refractivity contribution in [1.82, 2.24) is 10.2 Å². The lowest BCUT2D eigenvalue weighted by atomic mass is 10.0. The summed E-state index contributed by atoms with van der Waals surface area (Å²) in [5.41, 5.74) is 5.33. The monoisotopic (exact) mass is 185 g/mol. The average molecular weight is 185 g/mol. The molecule has 13 heavy (non-hydrogen) atoms. The minimum absolute atomic E-state index is 0.0258. The molecule has 0 aliphatic carbocycles. The highest BCUT2D eigenvalue weighted by molar-refractivity contribution is 5.79. The molecule has 1 saturated heterocycles. The topological polar surface area (TPSA) is 58.4 Å². The first kappa shape index (κ1) is 10.5. The molecule has 1 amide bonds. The third-order valence-electron chi connectivity index (χ3n) is 2.59. The largest absolute Gasteiger partial charge is 0.368 e. The summed E-state index contributed by atoms with van der Waals surface area (Å²) in [5, 5.41) is 3.08. The maximum Gasteiger partial charge on any atom is 0.234 e. The van der Waals surface area contributed by atoms with Crippen LogP contribution >= 0.6 is 0 Å². The molecule has 0 bridgehead atoms. The van der Waals surface area contributed by atoms with Gasteiger partial charge in [-0.15, -0.1) is 0 Å². The van der Waals surface area contributed by atoms with E-state index >= 15 is 0 Å². The maximum atomic E-state index is 11.1. The fraction of sp³-hybridized carbons (Fsp3) is 0.889. The summed E-state index contributed by atoms with van der Waals surface area (Å²) in [6.07, 6.45) is 3.25. The number of likely N-dealkylation sites (N-methyl/N-ethyl adjacent to an activating group) is 1. The van der Waals surface area contributed by atoms with Crippen molar-refractivity contribution in [3.63, 3.8) is 0 Å². The van der Waals surface area contributed by atoms with E-state index in [-0.39, 0.29) is 11.9 Å². The number of carbonyl (C=O) groups is 1. The third kappa shape index (κ3) is 2.97. The molecule has 1 aliphatic heterocycles. The van der Waals surface area contributed by atoms with E-state index in [0.717, 1.165) is 32.5 Å². The average Bonchev–Trinajstić information content (AvgIpc) is 2.15. The van der Waals surface area contributed by atoms with Gasteiger partial charge >= 0.3 is 0 Å². The van der Waals surface area contributed by atoms with Crippen LogP contribution in [0.2, 0.25) is 0 Å². The Morgan fingerprint density at radius 3 is 3.00 bits per heavy atom. The SMILES string of the molecule is CNCCN1CCCCC1C(N)=O. The molecular weight excluding hydrogens is 166 g/mol. The Morgan fingerprint density at radius 1 is 1.62 bits per heavy atom. The lowest BCUT2D eigenvalue weighted by Crippen LogP contribution is -2.49. The second-order valence-corrected chi connectivity index (χ2v) is 3.55. The van der Waals surface area contributed by atoms with Gasteiger partial charge in [0.2, 0.25) is 5.91 Å². The van der Waals surface area contributed by atoms with Gasteiger partial charge in [0.05, 0.1) is 6.04 Å². The zero-order valence-electron chi connectivity index (χ0n) is 8.25. The van der Waals surface area contributed by atoms with Gasteiger partial charge in [0.25, 0.3) is 0 Å². The molecule has 0 saturated carbocycles. The number of nitrogens with two attached hydrogens (primary N) is 1. The molecule has 3 N–H and O–H groups in total. The zero-order valence-corrected chi connectivity index (χ0v) is 8.25. The van der Waals surface area contributed by atoms with Crippen LogP contribution in [0, 0.1) is 0 Å². The summed E-state index contributed by atoms with van der Waals surface area (Å²) in [7, 11) is 1.92. The molecule has 1 rings (SSSR count). The fourth-order valence-electron chi connectivity index (χ4n) is 1.84. The van der Waals surface area contributed by atoms with Crippen LogP contribution in [0.1, 0.15) is 19.3 Å². The van der Waals surface area contributed by atoms with E-state index in [2.05, 4.69) is 10.2 Å². The number of hydrogen-bond acceptors (Lipinski definition) is 3. The molecule has 0 radical (unpaired) electrons. The molecule has 1 unspecified atom stereocenters. The second kappa shape index (κ2) is 5.19. The minimum Gasteiger partial charge on any atom is -0.368 e. The molecule has 0 aromatic carbocycles. The van der Waals surface area contributed by atoms with E-state index in [1.807, 2.05) is 7.05 Å². The Labute approximate surface area is 79.5 Å². The van der Waals surface area contributed by atoms with Crippen molar-refractivity contribution in [3.8, 4) is 0 Å². The molecule has 1 fully saturated rings. The quantitative estimate of drug-likeness (QED) is 0.623. The van der Waals surface area contributed by atoms with Gasteiger partial charge in [0.1, 0.15) is 0 Å². The summed E-state index contributed by atoms with van der Waals surface area (Å²) in [4.78, 5) is 13.3. The van der Waals surface area contributed by atoms with Crippen molar-refractivity contribution in [1.29, 1.82) is 0 Å². The Balaban J connectivity index is 2.41.